The molecule has 0 bridgehead atoms. The zero-order valence-corrected chi connectivity index (χ0v) is 8.84. The Morgan fingerprint density at radius 2 is 2.00 bits per heavy atom. The SMILES string of the molecule is CC(C)C(=CC1CC1)CNC1CC1. The Bertz CT molecular complexity index is 197. The molecular weight excluding hydrogens is 158 g/mol. The number of rotatable bonds is 5. The van der Waals surface area contributed by atoms with Gasteiger partial charge < -0.3 is 5.32 Å². The van der Waals surface area contributed by atoms with E-state index in [2.05, 4.69) is 25.2 Å². The zero-order chi connectivity index (χ0) is 9.26. The van der Waals surface area contributed by atoms with Crippen LogP contribution in [0.1, 0.15) is 39.5 Å². The van der Waals surface area contributed by atoms with E-state index in [1.165, 1.54) is 25.7 Å². The summed E-state index contributed by atoms with van der Waals surface area (Å²) < 4.78 is 0. The summed E-state index contributed by atoms with van der Waals surface area (Å²) >= 11 is 0. The van der Waals surface area contributed by atoms with Crippen LogP contribution in [0, 0.1) is 11.8 Å². The number of hydrogen-bond acceptors (Lipinski definition) is 1. The predicted octanol–water partition coefficient (Wildman–Crippen LogP) is 2.73. The lowest BCUT2D eigenvalue weighted by Crippen LogP contribution is -2.21. The van der Waals surface area contributed by atoms with E-state index < -0.39 is 0 Å². The van der Waals surface area contributed by atoms with Crippen LogP contribution in [-0.4, -0.2) is 12.6 Å². The van der Waals surface area contributed by atoms with Crippen LogP contribution in [0.3, 0.4) is 0 Å². The van der Waals surface area contributed by atoms with E-state index in [1.54, 1.807) is 5.57 Å². The van der Waals surface area contributed by atoms with Gasteiger partial charge in [0.1, 0.15) is 0 Å². The van der Waals surface area contributed by atoms with Gasteiger partial charge in [0.2, 0.25) is 0 Å². The molecule has 0 atom stereocenters. The van der Waals surface area contributed by atoms with Crippen LogP contribution in [0.2, 0.25) is 0 Å². The summed E-state index contributed by atoms with van der Waals surface area (Å²) in [5, 5.41) is 3.60. The standard InChI is InChI=1S/C12H21N/c1-9(2)11(7-10-3-4-10)8-13-12-5-6-12/h7,9-10,12-13H,3-6,8H2,1-2H3. The largest absolute Gasteiger partial charge is 0.310 e. The molecular formula is C12H21N. The maximum atomic E-state index is 3.60. The van der Waals surface area contributed by atoms with Gasteiger partial charge in [0.25, 0.3) is 0 Å². The molecule has 0 aliphatic heterocycles. The molecule has 2 fully saturated rings. The minimum atomic E-state index is 0.729. The van der Waals surface area contributed by atoms with Gasteiger partial charge in [-0.25, -0.2) is 0 Å². The molecule has 13 heavy (non-hydrogen) atoms. The molecule has 0 heterocycles. The predicted molar refractivity (Wildman–Crippen MR) is 56.7 cm³/mol. The van der Waals surface area contributed by atoms with E-state index in [0.717, 1.165) is 24.4 Å². The van der Waals surface area contributed by atoms with Crippen LogP contribution in [0.15, 0.2) is 11.6 Å². The van der Waals surface area contributed by atoms with E-state index in [9.17, 15) is 0 Å². The normalized spacial score (nSPS) is 24.1. The fraction of sp³-hybridized carbons (Fsp3) is 0.833. The van der Waals surface area contributed by atoms with Gasteiger partial charge in [-0.2, -0.15) is 0 Å². The van der Waals surface area contributed by atoms with Crippen molar-refractivity contribution in [3.63, 3.8) is 0 Å². The smallest absolute Gasteiger partial charge is 0.0169 e. The molecule has 0 radical (unpaired) electrons. The van der Waals surface area contributed by atoms with Crippen molar-refractivity contribution in [1.82, 2.24) is 5.32 Å². The summed E-state index contributed by atoms with van der Waals surface area (Å²) in [6.07, 6.45) is 8.17. The molecule has 1 N–H and O–H groups in total. The Labute approximate surface area is 81.6 Å². The van der Waals surface area contributed by atoms with Gasteiger partial charge in [-0.1, -0.05) is 25.5 Å². The van der Waals surface area contributed by atoms with Gasteiger partial charge in [0.15, 0.2) is 0 Å². The van der Waals surface area contributed by atoms with Crippen molar-refractivity contribution in [3.8, 4) is 0 Å². The van der Waals surface area contributed by atoms with Crippen molar-refractivity contribution in [1.29, 1.82) is 0 Å². The highest BCUT2D eigenvalue weighted by Crippen LogP contribution is 2.32. The van der Waals surface area contributed by atoms with E-state index in [-0.39, 0.29) is 0 Å². The summed E-state index contributed by atoms with van der Waals surface area (Å²) in [6, 6.07) is 0.848. The van der Waals surface area contributed by atoms with Gasteiger partial charge in [-0.3, -0.25) is 0 Å². The van der Waals surface area contributed by atoms with Gasteiger partial charge in [0.05, 0.1) is 0 Å². The molecule has 0 unspecified atom stereocenters. The van der Waals surface area contributed by atoms with Crippen molar-refractivity contribution < 1.29 is 0 Å². The first kappa shape index (κ1) is 9.26. The van der Waals surface area contributed by atoms with Gasteiger partial charge in [0, 0.05) is 12.6 Å². The topological polar surface area (TPSA) is 12.0 Å². The van der Waals surface area contributed by atoms with E-state index in [0.29, 0.717) is 0 Å². The van der Waals surface area contributed by atoms with Crippen LogP contribution in [0.25, 0.3) is 0 Å². The van der Waals surface area contributed by atoms with E-state index >= 15 is 0 Å². The molecule has 2 aliphatic rings. The molecule has 0 aromatic rings. The summed E-state index contributed by atoms with van der Waals surface area (Å²) in [6.45, 7) is 5.75. The van der Waals surface area contributed by atoms with Crippen molar-refractivity contribution in [2.45, 2.75) is 45.6 Å². The second-order valence-corrected chi connectivity index (χ2v) is 4.89. The quantitative estimate of drug-likeness (QED) is 0.640. The molecule has 2 aliphatic carbocycles. The molecule has 2 saturated carbocycles. The molecule has 0 aromatic heterocycles. The summed E-state index contributed by atoms with van der Waals surface area (Å²) in [4.78, 5) is 0. The first-order chi connectivity index (χ1) is 6.25. The lowest BCUT2D eigenvalue weighted by Gasteiger charge is -2.12. The lowest BCUT2D eigenvalue weighted by atomic mass is 10.0. The average molecular weight is 179 g/mol. The van der Waals surface area contributed by atoms with E-state index in [1.807, 2.05) is 0 Å². The average Bonchev–Trinajstić information content (AvgIpc) is 2.92. The second kappa shape index (κ2) is 3.83. The van der Waals surface area contributed by atoms with Crippen molar-refractivity contribution in [3.05, 3.63) is 11.6 Å². The van der Waals surface area contributed by atoms with Crippen LogP contribution < -0.4 is 5.32 Å². The Kier molecular flexibility index (Phi) is 2.73. The fourth-order valence-electron chi connectivity index (χ4n) is 1.57. The molecule has 2 rings (SSSR count). The van der Waals surface area contributed by atoms with E-state index in [4.69, 9.17) is 0 Å². The van der Waals surface area contributed by atoms with Crippen molar-refractivity contribution in [2.24, 2.45) is 11.8 Å². The highest BCUT2D eigenvalue weighted by Gasteiger charge is 2.23. The van der Waals surface area contributed by atoms with Gasteiger partial charge in [-0.15, -0.1) is 0 Å². The molecule has 0 aromatic carbocycles. The van der Waals surface area contributed by atoms with Crippen LogP contribution in [0.5, 0.6) is 0 Å². The van der Waals surface area contributed by atoms with Gasteiger partial charge >= 0.3 is 0 Å². The number of hydrogen-bond donors (Lipinski definition) is 1. The third kappa shape index (κ3) is 3.15. The molecule has 1 heteroatoms. The summed E-state index contributed by atoms with van der Waals surface area (Å²) in [5.41, 5.74) is 1.63. The third-order valence-electron chi connectivity index (χ3n) is 2.99. The van der Waals surface area contributed by atoms with Crippen LogP contribution in [-0.2, 0) is 0 Å². The third-order valence-corrected chi connectivity index (χ3v) is 2.99. The summed E-state index contributed by atoms with van der Waals surface area (Å²) in [5.74, 6) is 1.66. The first-order valence-electron chi connectivity index (χ1n) is 5.69. The maximum absolute atomic E-state index is 3.60. The first-order valence-corrected chi connectivity index (χ1v) is 5.69. The molecule has 0 saturated heterocycles. The Balaban J connectivity index is 1.80. The Morgan fingerprint density at radius 1 is 1.31 bits per heavy atom. The number of nitrogens with one attached hydrogen (secondary N) is 1. The fourth-order valence-corrected chi connectivity index (χ4v) is 1.57. The Hall–Kier alpha value is -0.300. The minimum absolute atomic E-state index is 0.729. The zero-order valence-electron chi connectivity index (χ0n) is 8.84. The van der Waals surface area contributed by atoms with Crippen molar-refractivity contribution >= 4 is 0 Å². The molecule has 0 amide bonds. The van der Waals surface area contributed by atoms with Crippen molar-refractivity contribution in [2.75, 3.05) is 6.54 Å². The highest BCUT2D eigenvalue weighted by molar-refractivity contribution is 5.12. The van der Waals surface area contributed by atoms with Crippen LogP contribution in [0.4, 0.5) is 0 Å². The van der Waals surface area contributed by atoms with Crippen LogP contribution >= 0.6 is 0 Å². The number of allylic oxidation sites excluding steroid dienone is 1. The minimum Gasteiger partial charge on any atom is -0.310 e. The molecule has 74 valence electrons. The lowest BCUT2D eigenvalue weighted by molar-refractivity contribution is 0.652. The van der Waals surface area contributed by atoms with Gasteiger partial charge in [-0.05, 0) is 37.5 Å². The summed E-state index contributed by atoms with van der Waals surface area (Å²) in [7, 11) is 0. The monoisotopic (exact) mass is 179 g/mol. The maximum Gasteiger partial charge on any atom is 0.0169 e. The second-order valence-electron chi connectivity index (χ2n) is 4.89. The molecule has 0 spiro atoms. The highest BCUT2D eigenvalue weighted by atomic mass is 14.9. The Morgan fingerprint density at radius 3 is 2.46 bits per heavy atom. The molecule has 1 nitrogen and oxygen atoms in total.